The van der Waals surface area contributed by atoms with Crippen LogP contribution in [0.25, 0.3) is 0 Å². The van der Waals surface area contributed by atoms with Crippen molar-refractivity contribution in [2.45, 2.75) is 58.4 Å². The van der Waals surface area contributed by atoms with Gasteiger partial charge < -0.3 is 10.2 Å². The van der Waals surface area contributed by atoms with E-state index in [0.29, 0.717) is 0 Å². The van der Waals surface area contributed by atoms with Gasteiger partial charge in [0.1, 0.15) is 0 Å². The molecule has 1 unspecified atom stereocenters. The van der Waals surface area contributed by atoms with E-state index in [1.165, 1.54) is 64.7 Å². The number of hydrogen-bond acceptors (Lipinski definition) is 2. The third kappa shape index (κ3) is 3.96. The Kier molecular flexibility index (Phi) is 5.30. The first-order valence-electron chi connectivity index (χ1n) is 7.77. The molecule has 0 bridgehead atoms. The van der Waals surface area contributed by atoms with E-state index in [-0.39, 0.29) is 0 Å². The zero-order valence-electron chi connectivity index (χ0n) is 11.8. The molecule has 1 aliphatic carbocycles. The summed E-state index contributed by atoms with van der Waals surface area (Å²) < 4.78 is 0. The predicted molar refractivity (Wildman–Crippen MR) is 74.3 cm³/mol. The first-order valence-corrected chi connectivity index (χ1v) is 7.77. The van der Waals surface area contributed by atoms with E-state index >= 15 is 0 Å². The van der Waals surface area contributed by atoms with E-state index in [2.05, 4.69) is 24.1 Å². The van der Waals surface area contributed by atoms with Gasteiger partial charge in [-0.2, -0.15) is 0 Å². The number of rotatable bonds is 5. The van der Waals surface area contributed by atoms with E-state index < -0.39 is 0 Å². The zero-order chi connectivity index (χ0) is 12.1. The minimum atomic E-state index is 0.827. The highest BCUT2D eigenvalue weighted by Crippen LogP contribution is 2.26. The van der Waals surface area contributed by atoms with E-state index in [1.54, 1.807) is 0 Å². The van der Waals surface area contributed by atoms with Crippen LogP contribution in [0.3, 0.4) is 0 Å². The lowest BCUT2D eigenvalue weighted by atomic mass is 9.84. The molecule has 2 rings (SSSR count). The van der Waals surface area contributed by atoms with Crippen LogP contribution in [0.5, 0.6) is 0 Å². The second-order valence-electron chi connectivity index (χ2n) is 6.08. The van der Waals surface area contributed by atoms with Crippen molar-refractivity contribution < 1.29 is 0 Å². The van der Waals surface area contributed by atoms with E-state index in [1.807, 2.05) is 0 Å². The van der Waals surface area contributed by atoms with Gasteiger partial charge in [-0.1, -0.05) is 20.3 Å². The van der Waals surface area contributed by atoms with Gasteiger partial charge in [-0.3, -0.25) is 0 Å². The molecular weight excluding hydrogens is 208 g/mol. The molecule has 1 atom stereocenters. The van der Waals surface area contributed by atoms with Crippen molar-refractivity contribution in [2.75, 3.05) is 26.2 Å². The number of nitrogens with one attached hydrogen (secondary N) is 1. The molecule has 1 saturated carbocycles. The van der Waals surface area contributed by atoms with Gasteiger partial charge in [0, 0.05) is 12.6 Å². The Morgan fingerprint density at radius 2 is 1.76 bits per heavy atom. The first-order chi connectivity index (χ1) is 8.31. The summed E-state index contributed by atoms with van der Waals surface area (Å²) in [6, 6.07) is 0.827. The minimum absolute atomic E-state index is 0.827. The van der Waals surface area contributed by atoms with Gasteiger partial charge in [0.05, 0.1) is 0 Å². The summed E-state index contributed by atoms with van der Waals surface area (Å²) in [6.45, 7) is 9.77. The maximum atomic E-state index is 3.83. The smallest absolute Gasteiger partial charge is 0.00673 e. The van der Waals surface area contributed by atoms with E-state index in [4.69, 9.17) is 0 Å². The molecule has 1 saturated heterocycles. The fourth-order valence-corrected chi connectivity index (χ4v) is 3.47. The highest BCUT2D eigenvalue weighted by Gasteiger charge is 2.23. The molecule has 0 aromatic heterocycles. The monoisotopic (exact) mass is 238 g/mol. The Balaban J connectivity index is 1.60. The molecule has 2 nitrogen and oxygen atoms in total. The second kappa shape index (κ2) is 6.75. The summed E-state index contributed by atoms with van der Waals surface area (Å²) >= 11 is 0. The number of likely N-dealkylation sites (tertiary alicyclic amines) is 1. The Morgan fingerprint density at radius 3 is 2.35 bits per heavy atom. The van der Waals surface area contributed by atoms with Crippen LogP contribution in [0.1, 0.15) is 52.4 Å². The molecule has 1 aliphatic heterocycles. The highest BCUT2D eigenvalue weighted by molar-refractivity contribution is 4.81. The molecule has 0 amide bonds. The van der Waals surface area contributed by atoms with Gasteiger partial charge in [-0.05, 0) is 63.6 Å². The first kappa shape index (κ1) is 13.4. The van der Waals surface area contributed by atoms with Crippen molar-refractivity contribution in [3.05, 3.63) is 0 Å². The third-order valence-electron chi connectivity index (χ3n) is 4.94. The average molecular weight is 238 g/mol. The fraction of sp³-hybridized carbons (Fsp3) is 1.00. The van der Waals surface area contributed by atoms with Crippen molar-refractivity contribution in [1.82, 2.24) is 10.2 Å². The lowest BCUT2D eigenvalue weighted by Crippen LogP contribution is -2.37. The maximum absolute atomic E-state index is 3.83. The Morgan fingerprint density at radius 1 is 1.00 bits per heavy atom. The predicted octanol–water partition coefficient (Wildman–Crippen LogP) is 2.89. The zero-order valence-corrected chi connectivity index (χ0v) is 11.8. The summed E-state index contributed by atoms with van der Waals surface area (Å²) in [5.41, 5.74) is 0. The van der Waals surface area contributed by atoms with Crippen molar-refractivity contribution in [3.63, 3.8) is 0 Å². The molecule has 17 heavy (non-hydrogen) atoms. The number of nitrogens with zero attached hydrogens (tertiary/aromatic N) is 1. The number of hydrogen-bond donors (Lipinski definition) is 1. The topological polar surface area (TPSA) is 15.3 Å². The molecule has 0 aromatic carbocycles. The summed E-state index contributed by atoms with van der Waals surface area (Å²) in [6.07, 6.45) is 8.55. The van der Waals surface area contributed by atoms with Gasteiger partial charge in [0.15, 0.2) is 0 Å². The Labute approximate surface area is 107 Å². The quantitative estimate of drug-likeness (QED) is 0.792. The molecule has 0 aromatic rings. The molecule has 100 valence electrons. The summed E-state index contributed by atoms with van der Waals surface area (Å²) in [7, 11) is 0. The summed E-state index contributed by atoms with van der Waals surface area (Å²) in [5.74, 6) is 1.94. The molecule has 2 aliphatic rings. The SMILES string of the molecule is CCC1CCC(NCC2CCN(CC)C2)CC1. The van der Waals surface area contributed by atoms with Gasteiger partial charge in [0.25, 0.3) is 0 Å². The van der Waals surface area contributed by atoms with Crippen LogP contribution >= 0.6 is 0 Å². The summed E-state index contributed by atoms with van der Waals surface area (Å²) in [4.78, 5) is 2.58. The van der Waals surface area contributed by atoms with Crippen LogP contribution < -0.4 is 5.32 Å². The van der Waals surface area contributed by atoms with Crippen LogP contribution in [0.15, 0.2) is 0 Å². The van der Waals surface area contributed by atoms with Gasteiger partial charge in [0.2, 0.25) is 0 Å². The highest BCUT2D eigenvalue weighted by atomic mass is 15.1. The van der Waals surface area contributed by atoms with Gasteiger partial charge in [-0.15, -0.1) is 0 Å². The Bertz CT molecular complexity index is 209. The Hall–Kier alpha value is -0.0800. The lowest BCUT2D eigenvalue weighted by Gasteiger charge is -2.29. The van der Waals surface area contributed by atoms with Gasteiger partial charge in [-0.25, -0.2) is 0 Å². The molecule has 2 heteroatoms. The largest absolute Gasteiger partial charge is 0.314 e. The van der Waals surface area contributed by atoms with Crippen LogP contribution in [-0.2, 0) is 0 Å². The maximum Gasteiger partial charge on any atom is 0.00673 e. The van der Waals surface area contributed by atoms with Crippen molar-refractivity contribution in [3.8, 4) is 0 Å². The lowest BCUT2D eigenvalue weighted by molar-refractivity contribution is 0.273. The molecular formula is C15H30N2. The average Bonchev–Trinajstić information content (AvgIpc) is 2.85. The second-order valence-corrected chi connectivity index (χ2v) is 6.08. The molecule has 2 fully saturated rings. The van der Waals surface area contributed by atoms with Gasteiger partial charge >= 0.3 is 0 Å². The fourth-order valence-electron chi connectivity index (χ4n) is 3.47. The van der Waals surface area contributed by atoms with Crippen molar-refractivity contribution in [1.29, 1.82) is 0 Å². The van der Waals surface area contributed by atoms with E-state index in [9.17, 15) is 0 Å². The van der Waals surface area contributed by atoms with Crippen molar-refractivity contribution in [2.24, 2.45) is 11.8 Å². The third-order valence-corrected chi connectivity index (χ3v) is 4.94. The normalized spacial score (nSPS) is 35.3. The minimum Gasteiger partial charge on any atom is -0.314 e. The van der Waals surface area contributed by atoms with Crippen LogP contribution in [-0.4, -0.2) is 37.1 Å². The van der Waals surface area contributed by atoms with Crippen LogP contribution in [0, 0.1) is 11.8 Å². The molecule has 0 spiro atoms. The standard InChI is InChI=1S/C15H30N2/c1-3-13-5-7-15(8-6-13)16-11-14-9-10-17(4-2)12-14/h13-16H,3-12H2,1-2H3. The van der Waals surface area contributed by atoms with Crippen LogP contribution in [0.4, 0.5) is 0 Å². The molecule has 0 radical (unpaired) electrons. The summed E-state index contributed by atoms with van der Waals surface area (Å²) in [5, 5.41) is 3.83. The van der Waals surface area contributed by atoms with Crippen LogP contribution in [0.2, 0.25) is 0 Å². The van der Waals surface area contributed by atoms with E-state index in [0.717, 1.165) is 17.9 Å². The van der Waals surface area contributed by atoms with Crippen molar-refractivity contribution >= 4 is 0 Å². The molecule has 1 heterocycles. The molecule has 1 N–H and O–H groups in total.